The van der Waals surface area contributed by atoms with Crippen LogP contribution < -0.4 is 19.7 Å². The molecule has 1 amide bonds. The number of rotatable bonds is 8. The number of aromatic nitrogens is 1. The Kier molecular flexibility index (Phi) is 8.58. The molecule has 0 bridgehead atoms. The average molecular weight is 558 g/mol. The van der Waals surface area contributed by atoms with Crippen molar-refractivity contribution in [2.45, 2.75) is 84.5 Å². The van der Waals surface area contributed by atoms with Gasteiger partial charge in [0.2, 0.25) is 0 Å². The summed E-state index contributed by atoms with van der Waals surface area (Å²) >= 11 is 0. The number of benzene rings is 1. The molecular formula is C29H43N5O4S. The normalized spacial score (nSPS) is 22.1. The fourth-order valence-corrected chi connectivity index (χ4v) is 6.82. The summed E-state index contributed by atoms with van der Waals surface area (Å²) in [6.07, 6.45) is 4.19. The lowest BCUT2D eigenvalue weighted by molar-refractivity contribution is 0.0978. The lowest BCUT2D eigenvalue weighted by Gasteiger charge is -2.34. The van der Waals surface area contributed by atoms with Crippen LogP contribution in [0.15, 0.2) is 42.6 Å². The molecular weight excluding hydrogens is 514 g/mol. The van der Waals surface area contributed by atoms with Crippen LogP contribution in [0.25, 0.3) is 0 Å². The van der Waals surface area contributed by atoms with Gasteiger partial charge in [-0.1, -0.05) is 19.1 Å². The van der Waals surface area contributed by atoms with E-state index in [-0.39, 0.29) is 22.7 Å². The molecule has 1 aromatic carbocycles. The molecule has 2 aliphatic heterocycles. The van der Waals surface area contributed by atoms with E-state index in [4.69, 9.17) is 4.74 Å². The Morgan fingerprint density at radius 3 is 2.51 bits per heavy atom. The van der Waals surface area contributed by atoms with Crippen LogP contribution in [0, 0.1) is 5.92 Å². The average Bonchev–Trinajstić information content (AvgIpc) is 3.14. The van der Waals surface area contributed by atoms with Gasteiger partial charge >= 0.3 is 10.2 Å². The van der Waals surface area contributed by atoms with Gasteiger partial charge in [0, 0.05) is 44.0 Å². The van der Waals surface area contributed by atoms with E-state index in [1.54, 1.807) is 18.3 Å². The maximum atomic E-state index is 13.3. The monoisotopic (exact) mass is 557 g/mol. The molecule has 214 valence electrons. The molecule has 1 aromatic heterocycles. The summed E-state index contributed by atoms with van der Waals surface area (Å²) in [5.41, 5.74) is 0.934. The smallest absolute Gasteiger partial charge is 0.304 e. The number of amides is 1. The molecule has 2 fully saturated rings. The van der Waals surface area contributed by atoms with Crippen molar-refractivity contribution in [1.29, 1.82) is 0 Å². The molecule has 1 unspecified atom stereocenters. The quantitative estimate of drug-likeness (QED) is 0.503. The zero-order valence-corrected chi connectivity index (χ0v) is 24.8. The third-order valence-electron chi connectivity index (χ3n) is 7.25. The summed E-state index contributed by atoms with van der Waals surface area (Å²) in [7, 11) is -4.02. The topological polar surface area (TPSA) is 104 Å². The minimum atomic E-state index is -4.02. The molecule has 0 spiro atoms. The number of nitrogens with one attached hydrogen (secondary N) is 2. The van der Waals surface area contributed by atoms with Crippen LogP contribution in [0.3, 0.4) is 0 Å². The summed E-state index contributed by atoms with van der Waals surface area (Å²) in [6, 6.07) is 11.2. The number of anilines is 1. The first-order valence-electron chi connectivity index (χ1n) is 13.8. The highest BCUT2D eigenvalue weighted by Gasteiger charge is 2.39. The second-order valence-electron chi connectivity index (χ2n) is 12.5. The van der Waals surface area contributed by atoms with Crippen molar-refractivity contribution in [2.24, 2.45) is 5.92 Å². The van der Waals surface area contributed by atoms with Crippen LogP contribution >= 0.6 is 0 Å². The van der Waals surface area contributed by atoms with Gasteiger partial charge in [0.05, 0.1) is 5.56 Å². The van der Waals surface area contributed by atoms with Gasteiger partial charge in [-0.15, -0.1) is 0 Å². The van der Waals surface area contributed by atoms with Gasteiger partial charge in [0.1, 0.15) is 17.2 Å². The Morgan fingerprint density at radius 1 is 1.15 bits per heavy atom. The van der Waals surface area contributed by atoms with E-state index >= 15 is 0 Å². The molecule has 9 nitrogen and oxygen atoms in total. The third-order valence-corrected chi connectivity index (χ3v) is 8.70. The number of hydrogen-bond acceptors (Lipinski definition) is 7. The van der Waals surface area contributed by atoms with Crippen molar-refractivity contribution in [3.63, 3.8) is 0 Å². The molecule has 2 aromatic rings. The Hall–Kier alpha value is -2.69. The Balaban J connectivity index is 1.37. The molecule has 0 saturated carbocycles. The van der Waals surface area contributed by atoms with Gasteiger partial charge in [0.25, 0.3) is 5.91 Å². The molecule has 4 rings (SSSR count). The highest BCUT2D eigenvalue weighted by molar-refractivity contribution is 7.87. The minimum absolute atomic E-state index is 0.0169. The second kappa shape index (κ2) is 11.4. The summed E-state index contributed by atoms with van der Waals surface area (Å²) in [5.74, 6) is 1.14. The van der Waals surface area contributed by atoms with E-state index in [0.29, 0.717) is 37.8 Å². The largest absolute Gasteiger partial charge is 0.488 e. The van der Waals surface area contributed by atoms with E-state index < -0.39 is 16.1 Å². The minimum Gasteiger partial charge on any atom is -0.488 e. The van der Waals surface area contributed by atoms with Crippen molar-refractivity contribution in [1.82, 2.24) is 19.3 Å². The predicted octanol–water partition coefficient (Wildman–Crippen LogP) is 4.11. The van der Waals surface area contributed by atoms with Gasteiger partial charge < -0.3 is 15.0 Å². The van der Waals surface area contributed by atoms with Crippen LogP contribution in [0.2, 0.25) is 0 Å². The zero-order chi connectivity index (χ0) is 28.4. The predicted molar refractivity (Wildman–Crippen MR) is 154 cm³/mol. The third kappa shape index (κ3) is 7.49. The van der Waals surface area contributed by atoms with Crippen LogP contribution in [-0.2, 0) is 16.8 Å². The zero-order valence-electron chi connectivity index (χ0n) is 24.0. The van der Waals surface area contributed by atoms with Gasteiger partial charge in [-0.25, -0.2) is 9.71 Å². The summed E-state index contributed by atoms with van der Waals surface area (Å²) in [4.78, 5) is 19.9. The van der Waals surface area contributed by atoms with Crippen molar-refractivity contribution in [2.75, 3.05) is 24.5 Å². The first-order chi connectivity index (χ1) is 18.2. The first kappa shape index (κ1) is 29.3. The van der Waals surface area contributed by atoms with Gasteiger partial charge in [0.15, 0.2) is 0 Å². The number of carbonyl (C=O) groups is 1. The number of hydrogen-bond donors (Lipinski definition) is 2. The molecule has 2 aliphatic rings. The second-order valence-corrected chi connectivity index (χ2v) is 14.2. The van der Waals surface area contributed by atoms with Gasteiger partial charge in [-0.3, -0.25) is 4.79 Å². The molecule has 2 atom stereocenters. The highest BCUT2D eigenvalue weighted by Crippen LogP contribution is 2.37. The molecule has 39 heavy (non-hydrogen) atoms. The maximum Gasteiger partial charge on any atom is 0.304 e. The van der Waals surface area contributed by atoms with Crippen molar-refractivity contribution < 1.29 is 17.9 Å². The van der Waals surface area contributed by atoms with Gasteiger partial charge in [-0.2, -0.15) is 12.7 Å². The number of nitrogens with zero attached hydrogens (tertiary/aromatic N) is 3. The molecule has 3 heterocycles. The molecule has 2 N–H and O–H groups in total. The van der Waals surface area contributed by atoms with Crippen molar-refractivity contribution >= 4 is 21.9 Å². The van der Waals surface area contributed by atoms with E-state index in [9.17, 15) is 13.2 Å². The number of piperidine rings is 1. The molecule has 0 radical (unpaired) electrons. The number of ether oxygens (including phenoxy) is 1. The standard InChI is InChI=1S/C29H43N5O4S/c1-21-17-29(5,6)34(19-21)26-25(10-7-15-30-26)27(35)32-39(36,37)33-16-8-9-23(20-33)31-18-22-11-13-24(14-12-22)38-28(2,3)4/h7,10-15,21,23,31H,8-9,16-20H2,1-6H3,(H,32,35)/t21-,23?/m0/s1. The van der Waals surface area contributed by atoms with Crippen LogP contribution in [0.1, 0.15) is 76.7 Å². The van der Waals surface area contributed by atoms with Crippen LogP contribution in [-0.4, -0.2) is 60.4 Å². The lowest BCUT2D eigenvalue weighted by Crippen LogP contribution is -2.52. The summed E-state index contributed by atoms with van der Waals surface area (Å²) < 4.78 is 36.1. The van der Waals surface area contributed by atoms with Crippen molar-refractivity contribution in [3.8, 4) is 5.75 Å². The fourth-order valence-electron chi connectivity index (χ4n) is 5.60. The molecule has 2 saturated heterocycles. The van der Waals surface area contributed by atoms with Crippen LogP contribution in [0.4, 0.5) is 5.82 Å². The number of pyridine rings is 1. The highest BCUT2D eigenvalue weighted by atomic mass is 32.2. The van der Waals surface area contributed by atoms with E-state index in [1.165, 1.54) is 4.31 Å². The maximum absolute atomic E-state index is 13.3. The van der Waals surface area contributed by atoms with Crippen LogP contribution in [0.5, 0.6) is 5.75 Å². The number of carbonyl (C=O) groups excluding carboxylic acids is 1. The SMILES string of the molecule is C[C@@H]1CN(c2ncccc2C(=O)NS(=O)(=O)N2CCCC(NCc3ccc(OC(C)(C)C)cc3)C2)C(C)(C)C1. The lowest BCUT2D eigenvalue weighted by atomic mass is 9.97. The summed E-state index contributed by atoms with van der Waals surface area (Å²) in [5, 5.41) is 3.48. The Bertz CT molecular complexity index is 1260. The van der Waals surface area contributed by atoms with E-state index in [0.717, 1.165) is 30.7 Å². The van der Waals surface area contributed by atoms with E-state index in [2.05, 4.69) is 40.7 Å². The summed E-state index contributed by atoms with van der Waals surface area (Å²) in [6.45, 7) is 14.5. The van der Waals surface area contributed by atoms with E-state index in [1.807, 2.05) is 45.0 Å². The first-order valence-corrected chi connectivity index (χ1v) is 15.2. The van der Waals surface area contributed by atoms with Crippen molar-refractivity contribution in [3.05, 3.63) is 53.7 Å². The molecule has 10 heteroatoms. The Labute approximate surface area is 233 Å². The fraction of sp³-hybridized carbons (Fsp3) is 0.586. The Morgan fingerprint density at radius 2 is 1.87 bits per heavy atom. The molecule has 0 aliphatic carbocycles. The van der Waals surface area contributed by atoms with Gasteiger partial charge in [-0.05, 0) is 89.6 Å².